The second kappa shape index (κ2) is 8.73. The number of rotatable bonds is 6. The number of benzene rings is 1. The van der Waals surface area contributed by atoms with Gasteiger partial charge in [0.25, 0.3) is 5.91 Å². The van der Waals surface area contributed by atoms with E-state index >= 15 is 0 Å². The Labute approximate surface area is 161 Å². The van der Waals surface area contributed by atoms with Crippen LogP contribution in [0.4, 0.5) is 24.5 Å². The summed E-state index contributed by atoms with van der Waals surface area (Å²) in [5, 5.41) is 27.1. The van der Waals surface area contributed by atoms with Crippen molar-refractivity contribution in [1.82, 2.24) is 9.78 Å². The van der Waals surface area contributed by atoms with Gasteiger partial charge in [-0.25, -0.2) is 0 Å². The molecule has 1 aromatic carbocycles. The molecule has 0 aliphatic carbocycles. The molecule has 0 aliphatic rings. The van der Waals surface area contributed by atoms with Crippen molar-refractivity contribution >= 4 is 34.8 Å². The first-order chi connectivity index (χ1) is 13.1. The van der Waals surface area contributed by atoms with Crippen LogP contribution in [0.5, 0.6) is 0 Å². The summed E-state index contributed by atoms with van der Waals surface area (Å²) in [7, 11) is 0. The monoisotopic (exact) mass is 415 g/mol. The Bertz CT molecular complexity index is 923. The molecule has 148 valence electrons. The van der Waals surface area contributed by atoms with Gasteiger partial charge in [0.2, 0.25) is 5.91 Å². The van der Waals surface area contributed by atoms with E-state index in [4.69, 9.17) is 16.9 Å². The summed E-state index contributed by atoms with van der Waals surface area (Å²) in [5.41, 5.74) is -1.73. The van der Waals surface area contributed by atoms with Crippen molar-refractivity contribution in [2.24, 2.45) is 0 Å². The Morgan fingerprint density at radius 1 is 1.32 bits per heavy atom. The van der Waals surface area contributed by atoms with Crippen molar-refractivity contribution in [3.63, 3.8) is 0 Å². The topological polar surface area (TPSA) is 120 Å². The van der Waals surface area contributed by atoms with Crippen molar-refractivity contribution in [3.05, 3.63) is 41.7 Å². The molecule has 0 saturated carbocycles. The summed E-state index contributed by atoms with van der Waals surface area (Å²) in [6, 6.07) is 4.07. The fourth-order valence-electron chi connectivity index (χ4n) is 2.16. The van der Waals surface area contributed by atoms with Gasteiger partial charge in [0.15, 0.2) is 6.10 Å². The summed E-state index contributed by atoms with van der Waals surface area (Å²) in [4.78, 5) is 23.2. The number of aliphatic hydroxyl groups is 1. The standard InChI is InChI=1S/C16H13ClF3N5O3/c17-4-14(27)23-11-6-22-25(7-11)8-13(26)15(28)24-10-2-1-9(5-21)12(3-10)16(18,19)20/h1-3,6-7,13,26H,4,8H2,(H,23,27)(H,24,28). The van der Waals surface area contributed by atoms with Gasteiger partial charge in [-0.1, -0.05) is 0 Å². The number of carbonyl (C=O) groups is 2. The molecule has 0 saturated heterocycles. The van der Waals surface area contributed by atoms with Gasteiger partial charge in [0.1, 0.15) is 5.88 Å². The van der Waals surface area contributed by atoms with Crippen LogP contribution in [0.1, 0.15) is 11.1 Å². The Balaban J connectivity index is 2.05. The number of hydrogen-bond acceptors (Lipinski definition) is 5. The first kappa shape index (κ1) is 21.2. The largest absolute Gasteiger partial charge is 0.417 e. The minimum Gasteiger partial charge on any atom is -0.381 e. The summed E-state index contributed by atoms with van der Waals surface area (Å²) in [6.45, 7) is -0.314. The van der Waals surface area contributed by atoms with E-state index in [0.29, 0.717) is 11.8 Å². The Morgan fingerprint density at radius 2 is 2.04 bits per heavy atom. The Hall–Kier alpha value is -3.10. The van der Waals surface area contributed by atoms with Crippen LogP contribution in [0.3, 0.4) is 0 Å². The lowest BCUT2D eigenvalue weighted by Gasteiger charge is -2.14. The molecule has 0 radical (unpaired) electrons. The molecule has 2 aromatic rings. The van der Waals surface area contributed by atoms with Crippen LogP contribution in [0.15, 0.2) is 30.6 Å². The quantitative estimate of drug-likeness (QED) is 0.623. The fraction of sp³-hybridized carbons (Fsp3) is 0.250. The van der Waals surface area contributed by atoms with E-state index in [1.54, 1.807) is 0 Å². The first-order valence-corrected chi connectivity index (χ1v) is 8.16. The molecule has 1 aromatic heterocycles. The third-order valence-electron chi connectivity index (χ3n) is 3.41. The van der Waals surface area contributed by atoms with Crippen LogP contribution in [0.2, 0.25) is 0 Å². The maximum atomic E-state index is 13.0. The number of halogens is 4. The lowest BCUT2D eigenvalue weighted by atomic mass is 10.1. The van der Waals surface area contributed by atoms with E-state index in [1.165, 1.54) is 18.5 Å². The molecule has 0 bridgehead atoms. The van der Waals surface area contributed by atoms with Crippen LogP contribution in [0, 0.1) is 11.3 Å². The minimum atomic E-state index is -4.77. The number of carbonyl (C=O) groups excluding carboxylic acids is 2. The highest BCUT2D eigenvalue weighted by Crippen LogP contribution is 2.33. The predicted octanol–water partition coefficient (Wildman–Crippen LogP) is 1.95. The van der Waals surface area contributed by atoms with Crippen molar-refractivity contribution in [2.45, 2.75) is 18.8 Å². The zero-order valence-corrected chi connectivity index (χ0v) is 14.8. The van der Waals surface area contributed by atoms with Gasteiger partial charge in [-0.15, -0.1) is 11.6 Å². The van der Waals surface area contributed by atoms with E-state index in [9.17, 15) is 27.9 Å². The SMILES string of the molecule is N#Cc1ccc(NC(=O)C(O)Cn2cc(NC(=O)CCl)cn2)cc1C(F)(F)F. The molecule has 12 heteroatoms. The first-order valence-electron chi connectivity index (χ1n) is 7.62. The van der Waals surface area contributed by atoms with Gasteiger partial charge in [0.05, 0.1) is 35.6 Å². The van der Waals surface area contributed by atoms with E-state index < -0.39 is 35.2 Å². The third-order valence-corrected chi connectivity index (χ3v) is 3.66. The summed E-state index contributed by atoms with van der Waals surface area (Å²) < 4.78 is 40.0. The molecule has 28 heavy (non-hydrogen) atoms. The third kappa shape index (κ3) is 5.45. The zero-order chi connectivity index (χ0) is 20.9. The molecule has 0 spiro atoms. The average Bonchev–Trinajstić information content (AvgIpc) is 3.07. The molecule has 1 heterocycles. The number of anilines is 2. The molecule has 2 amide bonds. The molecule has 3 N–H and O–H groups in total. The lowest BCUT2D eigenvalue weighted by Crippen LogP contribution is -2.32. The molecule has 8 nitrogen and oxygen atoms in total. The van der Waals surface area contributed by atoms with Gasteiger partial charge < -0.3 is 15.7 Å². The van der Waals surface area contributed by atoms with Crippen LogP contribution in [-0.4, -0.2) is 38.7 Å². The Morgan fingerprint density at radius 3 is 2.64 bits per heavy atom. The van der Waals surface area contributed by atoms with Crippen molar-refractivity contribution in [2.75, 3.05) is 16.5 Å². The number of aliphatic hydroxyl groups excluding tert-OH is 1. The Kier molecular flexibility index (Phi) is 6.61. The molecule has 0 aliphatic heterocycles. The van der Waals surface area contributed by atoms with Gasteiger partial charge in [0, 0.05) is 11.9 Å². The second-order valence-corrected chi connectivity index (χ2v) is 5.78. The predicted molar refractivity (Wildman–Crippen MR) is 92.4 cm³/mol. The molecule has 0 fully saturated rings. The number of amides is 2. The van der Waals surface area contributed by atoms with E-state index in [1.807, 2.05) is 0 Å². The van der Waals surface area contributed by atoms with Gasteiger partial charge >= 0.3 is 6.18 Å². The number of alkyl halides is 4. The summed E-state index contributed by atoms with van der Waals surface area (Å²) in [6.07, 6.45) is -3.81. The van der Waals surface area contributed by atoms with Crippen LogP contribution < -0.4 is 10.6 Å². The van der Waals surface area contributed by atoms with Gasteiger partial charge in [-0.3, -0.25) is 14.3 Å². The van der Waals surface area contributed by atoms with Crippen LogP contribution >= 0.6 is 11.6 Å². The van der Waals surface area contributed by atoms with E-state index in [-0.39, 0.29) is 18.1 Å². The normalized spacial score (nSPS) is 12.1. The zero-order valence-electron chi connectivity index (χ0n) is 14.0. The highest BCUT2D eigenvalue weighted by molar-refractivity contribution is 6.29. The lowest BCUT2D eigenvalue weighted by molar-refractivity contribution is -0.137. The minimum absolute atomic E-state index is 0.231. The number of nitrogens with zero attached hydrogens (tertiary/aromatic N) is 3. The van der Waals surface area contributed by atoms with Gasteiger partial charge in [-0.2, -0.15) is 23.5 Å². The number of aromatic nitrogens is 2. The fourth-order valence-corrected chi connectivity index (χ4v) is 2.23. The van der Waals surface area contributed by atoms with Crippen molar-refractivity contribution in [1.29, 1.82) is 5.26 Å². The average molecular weight is 416 g/mol. The highest BCUT2D eigenvalue weighted by atomic mass is 35.5. The molecule has 1 atom stereocenters. The van der Waals surface area contributed by atoms with Gasteiger partial charge in [-0.05, 0) is 18.2 Å². The van der Waals surface area contributed by atoms with Crippen LogP contribution in [0.25, 0.3) is 0 Å². The van der Waals surface area contributed by atoms with E-state index in [0.717, 1.165) is 16.8 Å². The molecular weight excluding hydrogens is 403 g/mol. The molecular formula is C16H13ClF3N5O3. The summed E-state index contributed by atoms with van der Waals surface area (Å²) >= 11 is 5.35. The maximum absolute atomic E-state index is 13.0. The van der Waals surface area contributed by atoms with Crippen molar-refractivity contribution in [3.8, 4) is 6.07 Å². The van der Waals surface area contributed by atoms with Crippen molar-refractivity contribution < 1.29 is 27.9 Å². The van der Waals surface area contributed by atoms with Crippen LogP contribution in [-0.2, 0) is 22.3 Å². The highest BCUT2D eigenvalue weighted by Gasteiger charge is 2.34. The maximum Gasteiger partial charge on any atom is 0.417 e. The smallest absolute Gasteiger partial charge is 0.381 e. The summed E-state index contributed by atoms with van der Waals surface area (Å²) in [5.74, 6) is -1.71. The number of hydrogen-bond donors (Lipinski definition) is 3. The molecule has 1 unspecified atom stereocenters. The number of nitrogens with one attached hydrogen (secondary N) is 2. The molecule has 2 rings (SSSR count). The van der Waals surface area contributed by atoms with E-state index in [2.05, 4.69) is 15.7 Å². The second-order valence-electron chi connectivity index (χ2n) is 5.51. The number of nitriles is 1.